The molecule has 0 amide bonds. The largest absolute Gasteiger partial charge is 0.391 e. The molecule has 0 spiro atoms. The predicted octanol–water partition coefficient (Wildman–Crippen LogP) is 0.249. The molecular weight excluding hydrogens is 102 g/mol. The van der Waals surface area contributed by atoms with Gasteiger partial charge in [-0.1, -0.05) is 0 Å². The third-order valence-electron chi connectivity index (χ3n) is 1.95. The average molecular weight is 115 g/mol. The lowest BCUT2D eigenvalue weighted by Crippen LogP contribution is -2.43. The van der Waals surface area contributed by atoms with Crippen LogP contribution in [-0.4, -0.2) is 16.7 Å². The Morgan fingerprint density at radius 3 is 2.50 bits per heavy atom. The monoisotopic (exact) mass is 115 g/mol. The quantitative estimate of drug-likeness (QED) is 0.475. The molecule has 0 aromatic rings. The first kappa shape index (κ1) is 6.05. The Morgan fingerprint density at radius 2 is 2.38 bits per heavy atom. The van der Waals surface area contributed by atoms with Crippen LogP contribution in [0.5, 0.6) is 0 Å². The van der Waals surface area contributed by atoms with E-state index < -0.39 is 0 Å². The lowest BCUT2D eigenvalue weighted by atomic mass is 10.0. The molecule has 1 aliphatic carbocycles. The Kier molecular flexibility index (Phi) is 1.29. The molecule has 2 nitrogen and oxygen atoms in total. The molecule has 2 heteroatoms. The van der Waals surface area contributed by atoms with Gasteiger partial charge in [-0.25, -0.2) is 0 Å². The third kappa shape index (κ3) is 0.858. The van der Waals surface area contributed by atoms with E-state index in [1.54, 1.807) is 0 Å². The Balaban J connectivity index is 2.54. The molecule has 1 rings (SSSR count). The number of hydrogen-bond acceptors (Lipinski definition) is 2. The molecule has 0 saturated heterocycles. The molecule has 1 aliphatic rings. The number of aliphatic hydroxyl groups is 1. The molecule has 0 radical (unpaired) electrons. The minimum Gasteiger partial charge on any atom is -0.391 e. The lowest BCUT2D eigenvalue weighted by Gasteiger charge is -2.21. The summed E-state index contributed by atoms with van der Waals surface area (Å²) < 4.78 is 0. The number of hydrogen-bond donors (Lipinski definition) is 2. The Hall–Kier alpha value is -0.0800. The molecule has 0 aromatic carbocycles. The van der Waals surface area contributed by atoms with Crippen LogP contribution in [-0.2, 0) is 0 Å². The van der Waals surface area contributed by atoms with E-state index in [0.717, 1.165) is 19.3 Å². The Labute approximate surface area is 49.7 Å². The first-order chi connectivity index (χ1) is 3.63. The maximum Gasteiger partial charge on any atom is 0.0716 e. The lowest BCUT2D eigenvalue weighted by molar-refractivity contribution is 0.120. The zero-order valence-electron chi connectivity index (χ0n) is 5.22. The van der Waals surface area contributed by atoms with Crippen molar-refractivity contribution in [1.29, 1.82) is 0 Å². The molecule has 1 fully saturated rings. The van der Waals surface area contributed by atoms with Crippen molar-refractivity contribution in [3.05, 3.63) is 0 Å². The molecule has 0 heterocycles. The van der Waals surface area contributed by atoms with Gasteiger partial charge in [0.05, 0.1) is 6.10 Å². The summed E-state index contributed by atoms with van der Waals surface area (Å²) in [4.78, 5) is 0. The van der Waals surface area contributed by atoms with E-state index in [1.807, 2.05) is 6.92 Å². The summed E-state index contributed by atoms with van der Waals surface area (Å²) in [5, 5.41) is 9.13. The maximum atomic E-state index is 9.13. The number of aliphatic hydroxyl groups excluding tert-OH is 1. The molecule has 2 atom stereocenters. The standard InChI is InChI=1S/C6H13NO/c1-6(7)4-2-3-5(6)8/h5,8H,2-4,7H2,1H3/t5-,6+/m0/s1. The minimum atomic E-state index is -0.292. The first-order valence-corrected chi connectivity index (χ1v) is 3.10. The van der Waals surface area contributed by atoms with Gasteiger partial charge >= 0.3 is 0 Å². The van der Waals surface area contributed by atoms with Gasteiger partial charge in [0.15, 0.2) is 0 Å². The summed E-state index contributed by atoms with van der Waals surface area (Å²) in [6, 6.07) is 0. The van der Waals surface area contributed by atoms with Gasteiger partial charge in [0, 0.05) is 5.54 Å². The van der Waals surface area contributed by atoms with Crippen molar-refractivity contribution in [2.75, 3.05) is 0 Å². The summed E-state index contributed by atoms with van der Waals surface area (Å²) in [7, 11) is 0. The van der Waals surface area contributed by atoms with Crippen LogP contribution < -0.4 is 5.73 Å². The highest BCUT2D eigenvalue weighted by Gasteiger charge is 2.32. The van der Waals surface area contributed by atoms with Gasteiger partial charge in [-0.3, -0.25) is 0 Å². The molecule has 0 unspecified atom stereocenters. The second kappa shape index (κ2) is 1.71. The second-order valence-corrected chi connectivity index (χ2v) is 2.91. The van der Waals surface area contributed by atoms with Gasteiger partial charge in [-0.2, -0.15) is 0 Å². The van der Waals surface area contributed by atoms with E-state index in [4.69, 9.17) is 10.8 Å². The van der Waals surface area contributed by atoms with Crippen molar-refractivity contribution in [2.45, 2.75) is 37.8 Å². The van der Waals surface area contributed by atoms with Crippen LogP contribution in [0.15, 0.2) is 0 Å². The topological polar surface area (TPSA) is 46.2 Å². The van der Waals surface area contributed by atoms with Crippen molar-refractivity contribution in [2.24, 2.45) is 5.73 Å². The van der Waals surface area contributed by atoms with Crippen LogP contribution in [0.1, 0.15) is 26.2 Å². The van der Waals surface area contributed by atoms with Crippen molar-refractivity contribution in [3.63, 3.8) is 0 Å². The Bertz CT molecular complexity index is 90.5. The van der Waals surface area contributed by atoms with E-state index in [9.17, 15) is 0 Å². The predicted molar refractivity (Wildman–Crippen MR) is 32.5 cm³/mol. The third-order valence-corrected chi connectivity index (χ3v) is 1.95. The summed E-state index contributed by atoms with van der Waals surface area (Å²) >= 11 is 0. The van der Waals surface area contributed by atoms with Gasteiger partial charge in [0.1, 0.15) is 0 Å². The van der Waals surface area contributed by atoms with Gasteiger partial charge in [-0.05, 0) is 26.2 Å². The number of rotatable bonds is 0. The maximum absolute atomic E-state index is 9.13. The second-order valence-electron chi connectivity index (χ2n) is 2.91. The normalized spacial score (nSPS) is 47.6. The zero-order valence-corrected chi connectivity index (χ0v) is 5.22. The van der Waals surface area contributed by atoms with Gasteiger partial charge < -0.3 is 10.8 Å². The van der Waals surface area contributed by atoms with Crippen LogP contribution >= 0.6 is 0 Å². The van der Waals surface area contributed by atoms with E-state index in [0.29, 0.717) is 0 Å². The highest BCUT2D eigenvalue weighted by molar-refractivity contribution is 4.92. The SMILES string of the molecule is C[C@@]1(N)CCC[C@@H]1O. The van der Waals surface area contributed by atoms with E-state index in [2.05, 4.69) is 0 Å². The minimum absolute atomic E-state index is 0.262. The molecule has 1 saturated carbocycles. The summed E-state index contributed by atoms with van der Waals surface area (Å²) in [6.07, 6.45) is 2.66. The van der Waals surface area contributed by atoms with Crippen LogP contribution in [0.25, 0.3) is 0 Å². The fraction of sp³-hybridized carbons (Fsp3) is 1.00. The molecule has 8 heavy (non-hydrogen) atoms. The molecule has 3 N–H and O–H groups in total. The Morgan fingerprint density at radius 1 is 1.75 bits per heavy atom. The van der Waals surface area contributed by atoms with Crippen molar-refractivity contribution < 1.29 is 5.11 Å². The fourth-order valence-corrected chi connectivity index (χ4v) is 1.17. The fourth-order valence-electron chi connectivity index (χ4n) is 1.17. The molecule has 0 aromatic heterocycles. The highest BCUT2D eigenvalue weighted by atomic mass is 16.3. The molecular formula is C6H13NO. The zero-order chi connectivity index (χ0) is 6.20. The van der Waals surface area contributed by atoms with E-state index >= 15 is 0 Å². The van der Waals surface area contributed by atoms with Crippen molar-refractivity contribution in [1.82, 2.24) is 0 Å². The molecule has 0 aliphatic heterocycles. The molecule has 0 bridgehead atoms. The van der Waals surface area contributed by atoms with Gasteiger partial charge in [0.25, 0.3) is 0 Å². The smallest absolute Gasteiger partial charge is 0.0716 e. The molecule has 48 valence electrons. The van der Waals surface area contributed by atoms with Gasteiger partial charge in [-0.15, -0.1) is 0 Å². The van der Waals surface area contributed by atoms with Crippen LogP contribution in [0.3, 0.4) is 0 Å². The summed E-state index contributed by atoms with van der Waals surface area (Å²) in [5.41, 5.74) is 5.38. The first-order valence-electron chi connectivity index (χ1n) is 3.10. The van der Waals surface area contributed by atoms with Crippen LogP contribution in [0, 0.1) is 0 Å². The summed E-state index contributed by atoms with van der Waals surface area (Å²) in [5.74, 6) is 0. The highest BCUT2D eigenvalue weighted by Crippen LogP contribution is 2.26. The average Bonchev–Trinajstić information content (AvgIpc) is 1.86. The summed E-state index contributed by atoms with van der Waals surface area (Å²) in [6.45, 7) is 1.91. The van der Waals surface area contributed by atoms with Crippen molar-refractivity contribution in [3.8, 4) is 0 Å². The van der Waals surface area contributed by atoms with Crippen LogP contribution in [0.4, 0.5) is 0 Å². The van der Waals surface area contributed by atoms with E-state index in [-0.39, 0.29) is 11.6 Å². The van der Waals surface area contributed by atoms with E-state index in [1.165, 1.54) is 0 Å². The number of nitrogens with two attached hydrogens (primary N) is 1. The van der Waals surface area contributed by atoms with Gasteiger partial charge in [0.2, 0.25) is 0 Å². The van der Waals surface area contributed by atoms with Crippen molar-refractivity contribution >= 4 is 0 Å². The van der Waals surface area contributed by atoms with Crippen LogP contribution in [0.2, 0.25) is 0 Å².